The van der Waals surface area contributed by atoms with Gasteiger partial charge in [-0.2, -0.15) is 0 Å². The quantitative estimate of drug-likeness (QED) is 0.702. The highest BCUT2D eigenvalue weighted by Crippen LogP contribution is 2.29. The Bertz CT molecular complexity index is 255. The van der Waals surface area contributed by atoms with E-state index in [1.165, 1.54) is 58.0 Å². The van der Waals surface area contributed by atoms with Gasteiger partial charge in [0.2, 0.25) is 0 Å². The average Bonchev–Trinajstić information content (AvgIpc) is 3.09. The van der Waals surface area contributed by atoms with E-state index in [1.54, 1.807) is 0 Å². The van der Waals surface area contributed by atoms with E-state index in [2.05, 4.69) is 10.2 Å². The fourth-order valence-electron chi connectivity index (χ4n) is 3.42. The molecule has 0 radical (unpaired) electrons. The largest absolute Gasteiger partial charge is 0.381 e. The van der Waals surface area contributed by atoms with Crippen LogP contribution in [0.25, 0.3) is 0 Å². The third-order valence-electron chi connectivity index (χ3n) is 4.77. The van der Waals surface area contributed by atoms with E-state index in [0.29, 0.717) is 0 Å². The van der Waals surface area contributed by atoms with E-state index in [0.717, 1.165) is 37.8 Å². The van der Waals surface area contributed by atoms with Crippen molar-refractivity contribution in [3.05, 3.63) is 0 Å². The van der Waals surface area contributed by atoms with Gasteiger partial charge in [-0.25, -0.2) is 0 Å². The highest BCUT2D eigenvalue weighted by Gasteiger charge is 2.31. The van der Waals surface area contributed by atoms with Gasteiger partial charge in [-0.3, -0.25) is 0 Å². The second-order valence-electron chi connectivity index (χ2n) is 6.38. The van der Waals surface area contributed by atoms with E-state index < -0.39 is 0 Å². The van der Waals surface area contributed by atoms with Crippen molar-refractivity contribution in [1.29, 1.82) is 0 Å². The molecule has 2 saturated heterocycles. The van der Waals surface area contributed by atoms with Gasteiger partial charge in [0.1, 0.15) is 0 Å². The summed E-state index contributed by atoms with van der Waals surface area (Å²) in [5, 5.41) is 3.73. The van der Waals surface area contributed by atoms with Crippen LogP contribution in [0.3, 0.4) is 0 Å². The van der Waals surface area contributed by atoms with E-state index >= 15 is 0 Å². The minimum Gasteiger partial charge on any atom is -0.381 e. The number of ether oxygens (including phenoxy) is 1. The number of rotatable bonds is 7. The summed E-state index contributed by atoms with van der Waals surface area (Å²) in [5.74, 6) is 0.907. The molecule has 3 rings (SSSR count). The molecule has 1 saturated carbocycles. The van der Waals surface area contributed by atoms with Crippen LogP contribution < -0.4 is 5.32 Å². The zero-order valence-corrected chi connectivity index (χ0v) is 11.6. The van der Waals surface area contributed by atoms with Crippen LogP contribution in [0.1, 0.15) is 44.9 Å². The molecule has 0 aromatic carbocycles. The van der Waals surface area contributed by atoms with E-state index in [1.807, 2.05) is 0 Å². The number of nitrogens with one attached hydrogen (secondary N) is 1. The van der Waals surface area contributed by atoms with Crippen LogP contribution in [-0.4, -0.2) is 49.8 Å². The SMILES string of the molecule is C(CNC1CCN2CCCC2C1)COCC1CC1. The molecule has 0 spiro atoms. The Hall–Kier alpha value is -0.120. The van der Waals surface area contributed by atoms with Gasteiger partial charge >= 0.3 is 0 Å². The highest BCUT2D eigenvalue weighted by atomic mass is 16.5. The van der Waals surface area contributed by atoms with E-state index in [9.17, 15) is 0 Å². The molecule has 3 heteroatoms. The maximum Gasteiger partial charge on any atom is 0.0494 e. The van der Waals surface area contributed by atoms with Crippen molar-refractivity contribution in [3.63, 3.8) is 0 Å². The first-order chi connectivity index (χ1) is 8.92. The van der Waals surface area contributed by atoms with Crippen LogP contribution in [0, 0.1) is 5.92 Å². The molecule has 2 aliphatic heterocycles. The minimum atomic E-state index is 0.771. The van der Waals surface area contributed by atoms with Crippen LogP contribution in [0.2, 0.25) is 0 Å². The maximum atomic E-state index is 5.67. The molecule has 104 valence electrons. The topological polar surface area (TPSA) is 24.5 Å². The van der Waals surface area contributed by atoms with Gasteiger partial charge in [-0.1, -0.05) is 0 Å². The normalized spacial score (nSPS) is 32.7. The Kier molecular flexibility index (Phi) is 4.55. The summed E-state index contributed by atoms with van der Waals surface area (Å²) in [6.45, 7) is 5.78. The lowest BCUT2D eigenvalue weighted by Gasteiger charge is -2.35. The predicted octanol–water partition coefficient (Wildman–Crippen LogP) is 2.02. The van der Waals surface area contributed by atoms with Crippen molar-refractivity contribution in [2.75, 3.05) is 32.8 Å². The highest BCUT2D eigenvalue weighted by molar-refractivity contribution is 4.89. The molecule has 3 nitrogen and oxygen atoms in total. The first kappa shape index (κ1) is 12.9. The van der Waals surface area contributed by atoms with Crippen molar-refractivity contribution in [3.8, 4) is 0 Å². The summed E-state index contributed by atoms with van der Waals surface area (Å²) in [6.07, 6.45) is 9.56. The third-order valence-corrected chi connectivity index (χ3v) is 4.77. The monoisotopic (exact) mass is 252 g/mol. The van der Waals surface area contributed by atoms with E-state index in [4.69, 9.17) is 4.74 Å². The molecule has 1 aliphatic carbocycles. The van der Waals surface area contributed by atoms with Crippen LogP contribution in [-0.2, 0) is 4.74 Å². The molecule has 1 N–H and O–H groups in total. The molecule has 3 fully saturated rings. The van der Waals surface area contributed by atoms with Crippen molar-refractivity contribution < 1.29 is 4.74 Å². The minimum absolute atomic E-state index is 0.771. The summed E-state index contributed by atoms with van der Waals surface area (Å²) < 4.78 is 5.67. The van der Waals surface area contributed by atoms with Gasteiger partial charge in [0, 0.05) is 25.3 Å². The molecule has 0 amide bonds. The number of piperidine rings is 1. The van der Waals surface area contributed by atoms with Crippen LogP contribution in [0.15, 0.2) is 0 Å². The smallest absolute Gasteiger partial charge is 0.0494 e. The Morgan fingerprint density at radius 1 is 1.11 bits per heavy atom. The molecule has 0 aromatic rings. The Morgan fingerprint density at radius 2 is 2.06 bits per heavy atom. The number of nitrogens with zero attached hydrogens (tertiary/aromatic N) is 1. The molecule has 18 heavy (non-hydrogen) atoms. The fraction of sp³-hybridized carbons (Fsp3) is 1.00. The van der Waals surface area contributed by atoms with Crippen molar-refractivity contribution in [2.24, 2.45) is 5.92 Å². The second-order valence-corrected chi connectivity index (χ2v) is 6.38. The summed E-state index contributed by atoms with van der Waals surface area (Å²) in [4.78, 5) is 2.69. The summed E-state index contributed by atoms with van der Waals surface area (Å²) in [6, 6.07) is 1.66. The van der Waals surface area contributed by atoms with Crippen molar-refractivity contribution in [2.45, 2.75) is 57.0 Å². The molecule has 3 aliphatic rings. The van der Waals surface area contributed by atoms with Crippen LogP contribution >= 0.6 is 0 Å². The standard InChI is InChI=1S/C15H28N2O/c1-3-15-11-14(6-9-17(15)8-1)16-7-2-10-18-12-13-4-5-13/h13-16H,1-12H2. The van der Waals surface area contributed by atoms with Crippen molar-refractivity contribution in [1.82, 2.24) is 10.2 Å². The molecular weight excluding hydrogens is 224 g/mol. The molecule has 0 aromatic heterocycles. The lowest BCUT2D eigenvalue weighted by Crippen LogP contribution is -2.45. The van der Waals surface area contributed by atoms with Gasteiger partial charge in [0.25, 0.3) is 0 Å². The van der Waals surface area contributed by atoms with Gasteiger partial charge in [0.15, 0.2) is 0 Å². The first-order valence-corrected chi connectivity index (χ1v) is 7.97. The maximum absolute atomic E-state index is 5.67. The zero-order valence-electron chi connectivity index (χ0n) is 11.6. The number of fused-ring (bicyclic) bond motifs is 1. The number of hydrogen-bond donors (Lipinski definition) is 1. The Balaban J connectivity index is 1.22. The molecular formula is C15H28N2O. The van der Waals surface area contributed by atoms with E-state index in [-0.39, 0.29) is 0 Å². The summed E-state index contributed by atoms with van der Waals surface area (Å²) in [7, 11) is 0. The molecule has 2 atom stereocenters. The summed E-state index contributed by atoms with van der Waals surface area (Å²) >= 11 is 0. The van der Waals surface area contributed by atoms with Gasteiger partial charge in [0.05, 0.1) is 0 Å². The average molecular weight is 252 g/mol. The fourth-order valence-corrected chi connectivity index (χ4v) is 3.42. The van der Waals surface area contributed by atoms with Gasteiger partial charge < -0.3 is 15.0 Å². The molecule has 2 heterocycles. The third kappa shape index (κ3) is 3.69. The van der Waals surface area contributed by atoms with Crippen molar-refractivity contribution >= 4 is 0 Å². The van der Waals surface area contributed by atoms with Gasteiger partial charge in [-0.15, -0.1) is 0 Å². The predicted molar refractivity (Wildman–Crippen MR) is 73.8 cm³/mol. The lowest BCUT2D eigenvalue weighted by atomic mass is 9.97. The zero-order chi connectivity index (χ0) is 12.2. The van der Waals surface area contributed by atoms with Gasteiger partial charge in [-0.05, 0) is 70.5 Å². The summed E-state index contributed by atoms with van der Waals surface area (Å²) in [5.41, 5.74) is 0. The number of hydrogen-bond acceptors (Lipinski definition) is 3. The Morgan fingerprint density at radius 3 is 2.94 bits per heavy atom. The molecule has 0 bridgehead atoms. The lowest BCUT2D eigenvalue weighted by molar-refractivity contribution is 0.119. The second kappa shape index (κ2) is 6.36. The first-order valence-electron chi connectivity index (χ1n) is 7.97. The Labute approximate surface area is 111 Å². The van der Waals surface area contributed by atoms with Crippen LogP contribution in [0.5, 0.6) is 0 Å². The van der Waals surface area contributed by atoms with Crippen LogP contribution in [0.4, 0.5) is 0 Å². The molecule has 2 unspecified atom stereocenters.